The van der Waals surface area contributed by atoms with E-state index in [4.69, 9.17) is 0 Å². The summed E-state index contributed by atoms with van der Waals surface area (Å²) in [7, 11) is -1.63. The van der Waals surface area contributed by atoms with Crippen LogP contribution in [0.3, 0.4) is 0 Å². The van der Waals surface area contributed by atoms with E-state index in [2.05, 4.69) is 105 Å². The van der Waals surface area contributed by atoms with Crippen LogP contribution in [0.4, 0.5) is 0 Å². The molecular weight excluding hydrogens is 387 g/mol. The molecule has 0 aliphatic carbocycles. The highest BCUT2D eigenvalue weighted by Crippen LogP contribution is 2.56. The maximum absolute atomic E-state index is 2.39. The molecule has 0 spiro atoms. The summed E-state index contributed by atoms with van der Waals surface area (Å²) in [6.07, 6.45) is 2.44. The number of hydrogen-bond acceptors (Lipinski definition) is 0. The van der Waals surface area contributed by atoms with Gasteiger partial charge in [0.15, 0.2) is 0 Å². The number of rotatable bonds is 6. The van der Waals surface area contributed by atoms with Crippen molar-refractivity contribution < 1.29 is 17.0 Å². The van der Waals surface area contributed by atoms with Crippen LogP contribution in [-0.4, -0.2) is 6.16 Å². The lowest BCUT2D eigenvalue weighted by Gasteiger charge is -2.29. The third kappa shape index (κ3) is 4.22. The Hall–Kier alpha value is -1.43. The summed E-state index contributed by atoms with van der Waals surface area (Å²) in [5, 5.41) is 4.47. The van der Waals surface area contributed by atoms with E-state index < -0.39 is 7.26 Å². The van der Waals surface area contributed by atoms with Gasteiger partial charge in [-0.25, -0.2) is 0 Å². The minimum Gasteiger partial charge on any atom is -1.00 e. The van der Waals surface area contributed by atoms with Gasteiger partial charge in [-0.15, -0.1) is 0 Å². The predicted molar refractivity (Wildman–Crippen MR) is 109 cm³/mol. The number of benzene rings is 3. The number of hydrogen-bond donors (Lipinski definition) is 0. The van der Waals surface area contributed by atoms with Crippen molar-refractivity contribution in [3.8, 4) is 0 Å². The summed E-state index contributed by atoms with van der Waals surface area (Å²) in [6, 6.07) is 33.5. The van der Waals surface area contributed by atoms with Crippen molar-refractivity contribution in [2.24, 2.45) is 5.92 Å². The van der Waals surface area contributed by atoms with E-state index in [1.807, 2.05) is 0 Å². The van der Waals surface area contributed by atoms with Crippen LogP contribution in [0.25, 0.3) is 0 Å². The van der Waals surface area contributed by atoms with Crippen molar-refractivity contribution in [1.82, 2.24) is 0 Å². The Bertz CT molecular complexity index is 644. The van der Waals surface area contributed by atoms with E-state index in [0.717, 1.165) is 0 Å². The normalized spacial score (nSPS) is 12.2. The van der Waals surface area contributed by atoms with E-state index in [-0.39, 0.29) is 17.0 Å². The molecule has 3 rings (SSSR count). The first kappa shape index (κ1) is 19.9. The molecule has 0 saturated heterocycles. The lowest BCUT2D eigenvalue weighted by molar-refractivity contribution is -0.00000486. The molecule has 0 radical (unpaired) electrons. The molecule has 3 aromatic carbocycles. The van der Waals surface area contributed by atoms with Crippen molar-refractivity contribution in [2.45, 2.75) is 20.3 Å². The van der Waals surface area contributed by atoms with Crippen molar-refractivity contribution >= 4 is 23.2 Å². The second-order valence-electron chi connectivity index (χ2n) is 6.51. The molecule has 0 saturated carbocycles. The van der Waals surface area contributed by atoms with Crippen LogP contribution in [0.2, 0.25) is 0 Å². The molecule has 0 fully saturated rings. The predicted octanol–water partition coefficient (Wildman–Crippen LogP) is 2.03. The van der Waals surface area contributed by atoms with Gasteiger partial charge in [0.2, 0.25) is 0 Å². The minimum atomic E-state index is -1.63. The third-order valence-electron chi connectivity index (χ3n) is 4.87. The monoisotopic (exact) mass is 412 g/mol. The zero-order valence-corrected chi connectivity index (χ0v) is 17.5. The van der Waals surface area contributed by atoms with E-state index in [1.165, 1.54) is 28.5 Å². The molecule has 0 aliphatic rings. The molecular formula is C23H26BrP. The minimum absolute atomic E-state index is 0. The quantitative estimate of drug-likeness (QED) is 0.543. The zero-order chi connectivity index (χ0) is 16.8. The highest BCUT2D eigenvalue weighted by atomic mass is 79.9. The highest BCUT2D eigenvalue weighted by molar-refractivity contribution is 7.95. The van der Waals surface area contributed by atoms with E-state index in [1.54, 1.807) is 0 Å². The van der Waals surface area contributed by atoms with Gasteiger partial charge in [0.1, 0.15) is 23.2 Å². The smallest absolute Gasteiger partial charge is 0.112 e. The zero-order valence-electron chi connectivity index (χ0n) is 15.0. The van der Waals surface area contributed by atoms with Gasteiger partial charge in [-0.3, -0.25) is 0 Å². The molecule has 25 heavy (non-hydrogen) atoms. The second kappa shape index (κ2) is 9.32. The van der Waals surface area contributed by atoms with Gasteiger partial charge in [0.25, 0.3) is 0 Å². The topological polar surface area (TPSA) is 0 Å². The lowest BCUT2D eigenvalue weighted by atomic mass is 10.2. The average Bonchev–Trinajstić information content (AvgIpc) is 2.68. The van der Waals surface area contributed by atoms with Crippen molar-refractivity contribution in [1.29, 1.82) is 0 Å². The third-order valence-corrected chi connectivity index (χ3v) is 9.58. The van der Waals surface area contributed by atoms with Crippen LogP contribution in [-0.2, 0) is 0 Å². The van der Waals surface area contributed by atoms with Gasteiger partial charge in [0, 0.05) is 0 Å². The van der Waals surface area contributed by atoms with Gasteiger partial charge >= 0.3 is 0 Å². The summed E-state index contributed by atoms with van der Waals surface area (Å²) in [4.78, 5) is 0. The maximum Gasteiger partial charge on any atom is 0.112 e. The average molecular weight is 413 g/mol. The van der Waals surface area contributed by atoms with Gasteiger partial charge in [-0.1, -0.05) is 74.9 Å². The van der Waals surface area contributed by atoms with Gasteiger partial charge < -0.3 is 17.0 Å². The molecule has 0 heterocycles. The Morgan fingerprint density at radius 2 is 0.960 bits per heavy atom. The molecule has 1 unspecified atom stereocenters. The molecule has 0 aliphatic heterocycles. The fourth-order valence-corrected chi connectivity index (χ4v) is 8.17. The van der Waals surface area contributed by atoms with E-state index >= 15 is 0 Å². The van der Waals surface area contributed by atoms with Crippen LogP contribution in [0.15, 0.2) is 91.0 Å². The second-order valence-corrected chi connectivity index (χ2v) is 10.0. The van der Waals surface area contributed by atoms with Crippen LogP contribution in [0.5, 0.6) is 0 Å². The molecule has 0 N–H and O–H groups in total. The summed E-state index contributed by atoms with van der Waals surface area (Å²) in [5.74, 6) is 0.693. The molecule has 0 amide bonds. The SMILES string of the molecule is CCC(C)C[P+](c1ccccc1)(c1ccccc1)c1ccccc1.[Br-]. The van der Waals surface area contributed by atoms with Crippen molar-refractivity contribution in [3.63, 3.8) is 0 Å². The first-order valence-electron chi connectivity index (χ1n) is 8.82. The first-order valence-corrected chi connectivity index (χ1v) is 10.8. The Kier molecular flexibility index (Phi) is 7.41. The summed E-state index contributed by atoms with van der Waals surface area (Å²) in [6.45, 7) is 4.70. The molecule has 130 valence electrons. The van der Waals surface area contributed by atoms with Crippen LogP contribution >= 0.6 is 7.26 Å². The Morgan fingerprint density at radius 3 is 1.24 bits per heavy atom. The van der Waals surface area contributed by atoms with Gasteiger partial charge in [-0.05, 0) is 42.3 Å². The number of halogens is 1. The molecule has 1 atom stereocenters. The van der Waals surface area contributed by atoms with E-state index in [9.17, 15) is 0 Å². The molecule has 3 aromatic rings. The van der Waals surface area contributed by atoms with Crippen LogP contribution in [0.1, 0.15) is 20.3 Å². The van der Waals surface area contributed by atoms with Crippen molar-refractivity contribution in [3.05, 3.63) is 91.0 Å². The Labute approximate surface area is 163 Å². The molecule has 2 heteroatoms. The first-order chi connectivity index (χ1) is 11.8. The Morgan fingerprint density at radius 1 is 0.640 bits per heavy atom. The Balaban J connectivity index is 0.00000225. The largest absolute Gasteiger partial charge is 1.00 e. The lowest BCUT2D eigenvalue weighted by Crippen LogP contribution is -3.00. The summed E-state index contributed by atoms with van der Waals surface area (Å²) < 4.78 is 0. The van der Waals surface area contributed by atoms with Crippen LogP contribution < -0.4 is 32.9 Å². The highest BCUT2D eigenvalue weighted by Gasteiger charge is 2.45. The van der Waals surface area contributed by atoms with Crippen LogP contribution in [0, 0.1) is 5.92 Å². The molecule has 0 aromatic heterocycles. The van der Waals surface area contributed by atoms with E-state index in [0.29, 0.717) is 5.92 Å². The molecule has 0 nitrogen and oxygen atoms in total. The summed E-state index contributed by atoms with van der Waals surface area (Å²) >= 11 is 0. The standard InChI is InChI=1S/C23H26P.BrH/c1-3-20(2)19-24(21-13-7-4-8-14-21,22-15-9-5-10-16-22)23-17-11-6-12-18-23;/h4-18,20H,3,19H2,1-2H3;1H/q+1;/p-1. The molecule has 0 bridgehead atoms. The van der Waals surface area contributed by atoms with Gasteiger partial charge in [0.05, 0.1) is 6.16 Å². The van der Waals surface area contributed by atoms with Crippen molar-refractivity contribution in [2.75, 3.05) is 6.16 Å². The summed E-state index contributed by atoms with van der Waals surface area (Å²) in [5.41, 5.74) is 0. The fourth-order valence-electron chi connectivity index (χ4n) is 3.41. The van der Waals surface area contributed by atoms with Gasteiger partial charge in [-0.2, -0.15) is 0 Å². The fraction of sp³-hybridized carbons (Fsp3) is 0.217. The maximum atomic E-state index is 2.39.